The van der Waals surface area contributed by atoms with Crippen LogP contribution in [-0.4, -0.2) is 48.8 Å². The van der Waals surface area contributed by atoms with Crippen LogP contribution in [0.2, 0.25) is 0 Å². The van der Waals surface area contributed by atoms with Crippen molar-refractivity contribution >= 4 is 5.97 Å². The van der Waals surface area contributed by atoms with E-state index in [2.05, 4.69) is 11.8 Å². The molecule has 1 spiro atoms. The van der Waals surface area contributed by atoms with Gasteiger partial charge < -0.3 is 9.84 Å². The number of hydrogen-bond acceptors (Lipinski definition) is 4. The highest BCUT2D eigenvalue weighted by Gasteiger charge is 2.75. The Morgan fingerprint density at radius 1 is 1.26 bits per heavy atom. The molecule has 0 aromatic heterocycles. The minimum atomic E-state index is -0.00281. The maximum absolute atomic E-state index is 12.8. The first-order valence-corrected chi connectivity index (χ1v) is 11.2. The predicted octanol–water partition coefficient (Wildman–Crippen LogP) is 3.00. The lowest BCUT2D eigenvalue weighted by atomic mass is 9.43. The molecule has 0 unspecified atom stereocenters. The highest BCUT2D eigenvalue weighted by molar-refractivity contribution is 5.75. The van der Waals surface area contributed by atoms with Gasteiger partial charge in [-0.3, -0.25) is 9.69 Å². The average Bonchev–Trinajstić information content (AvgIpc) is 3.31. The molecule has 4 bridgehead atoms. The van der Waals surface area contributed by atoms with Crippen molar-refractivity contribution in [2.45, 2.75) is 57.9 Å². The fourth-order valence-corrected chi connectivity index (χ4v) is 9.47. The Kier molecular flexibility index (Phi) is 3.40. The fraction of sp³-hybridized carbons (Fsp3) is 0.870. The first-order valence-electron chi connectivity index (χ1n) is 11.2. The lowest BCUT2D eigenvalue weighted by Gasteiger charge is -2.66. The number of hydrogen-bond donors (Lipinski definition) is 1. The van der Waals surface area contributed by atoms with E-state index in [-0.39, 0.29) is 22.7 Å². The van der Waals surface area contributed by atoms with E-state index in [1.165, 1.54) is 38.8 Å². The Labute approximate surface area is 162 Å². The lowest BCUT2D eigenvalue weighted by molar-refractivity contribution is -0.173. The first kappa shape index (κ1) is 17.0. The Hall–Kier alpha value is -0.870. The van der Waals surface area contributed by atoms with Gasteiger partial charge in [-0.05, 0) is 68.6 Å². The van der Waals surface area contributed by atoms with E-state index in [9.17, 15) is 9.90 Å². The van der Waals surface area contributed by atoms with Gasteiger partial charge in [0.1, 0.15) is 0 Å². The van der Waals surface area contributed by atoms with Crippen molar-refractivity contribution in [3.63, 3.8) is 0 Å². The van der Waals surface area contributed by atoms with Gasteiger partial charge in [0.05, 0.1) is 13.0 Å². The number of allylic oxidation sites excluding steroid dienone is 1. The molecule has 0 aromatic rings. The summed E-state index contributed by atoms with van der Waals surface area (Å²) in [6.07, 6.45) is 8.10. The Balaban J connectivity index is 1.61. The van der Waals surface area contributed by atoms with Gasteiger partial charge in [0.2, 0.25) is 0 Å². The molecule has 1 N–H and O–H groups in total. The number of aliphatic hydroxyl groups is 1. The number of piperidine rings is 1. The summed E-state index contributed by atoms with van der Waals surface area (Å²) in [7, 11) is 1.56. The molecule has 2 saturated carbocycles. The van der Waals surface area contributed by atoms with Gasteiger partial charge in [0, 0.05) is 36.6 Å². The number of esters is 1. The Morgan fingerprint density at radius 3 is 2.85 bits per heavy atom. The van der Waals surface area contributed by atoms with Crippen molar-refractivity contribution in [1.82, 2.24) is 4.90 Å². The molecule has 2 heterocycles. The van der Waals surface area contributed by atoms with Crippen molar-refractivity contribution in [2.24, 2.45) is 40.4 Å². The van der Waals surface area contributed by atoms with Crippen molar-refractivity contribution in [1.29, 1.82) is 0 Å². The molecule has 148 valence electrons. The minimum absolute atomic E-state index is 0.000111. The molecule has 8 atom stereocenters. The summed E-state index contributed by atoms with van der Waals surface area (Å²) in [6.45, 7) is 5.13. The Bertz CT molecular complexity index is 731. The molecule has 0 aromatic carbocycles. The summed E-state index contributed by atoms with van der Waals surface area (Å²) in [4.78, 5) is 15.6. The highest BCUT2D eigenvalue weighted by Crippen LogP contribution is 2.76. The van der Waals surface area contributed by atoms with E-state index in [1.807, 2.05) is 0 Å². The standard InChI is InChI=1S/C23H33NO3/c1-13-10-24-11-15-5-3-14-4-6-17-18(21(26)27-2)9-23(19(14)17)20(24)16(13)7-8-22(15,23)12-25/h13,15-18,20,25H,3-12H2,1-2H3/t13-,15+,16+,17+,18+,20+,22+,23-/m0/s1. The number of nitrogens with zero attached hydrogens (tertiary/aromatic N) is 1. The molecule has 6 aliphatic rings. The monoisotopic (exact) mass is 371 g/mol. The number of carbonyl (C=O) groups is 1. The summed E-state index contributed by atoms with van der Waals surface area (Å²) in [6, 6.07) is 0.544. The zero-order valence-electron chi connectivity index (χ0n) is 16.7. The van der Waals surface area contributed by atoms with Gasteiger partial charge in [-0.15, -0.1) is 0 Å². The molecular weight excluding hydrogens is 338 g/mol. The van der Waals surface area contributed by atoms with Crippen LogP contribution in [0.3, 0.4) is 0 Å². The quantitative estimate of drug-likeness (QED) is 0.599. The van der Waals surface area contributed by atoms with E-state index in [1.54, 1.807) is 18.3 Å². The molecule has 0 amide bonds. The predicted molar refractivity (Wildman–Crippen MR) is 102 cm³/mol. The molecule has 4 aliphatic carbocycles. The van der Waals surface area contributed by atoms with E-state index < -0.39 is 0 Å². The van der Waals surface area contributed by atoms with Crippen LogP contribution < -0.4 is 0 Å². The number of carbonyl (C=O) groups excluding carboxylic acids is 1. The Morgan fingerprint density at radius 2 is 2.07 bits per heavy atom. The molecule has 4 nitrogen and oxygen atoms in total. The van der Waals surface area contributed by atoms with Gasteiger partial charge in [-0.25, -0.2) is 0 Å². The number of aliphatic hydroxyl groups excluding tert-OH is 1. The molecular formula is C23H33NO3. The van der Waals surface area contributed by atoms with Crippen LogP contribution in [0.15, 0.2) is 11.1 Å². The van der Waals surface area contributed by atoms with Gasteiger partial charge >= 0.3 is 5.97 Å². The molecule has 6 rings (SSSR count). The fourth-order valence-electron chi connectivity index (χ4n) is 9.47. The number of ether oxygens (including phenoxy) is 1. The lowest BCUT2D eigenvalue weighted by Crippen LogP contribution is -2.68. The van der Waals surface area contributed by atoms with Crippen LogP contribution >= 0.6 is 0 Å². The second-order valence-corrected chi connectivity index (χ2v) is 10.6. The van der Waals surface area contributed by atoms with Crippen LogP contribution in [0, 0.1) is 40.4 Å². The van der Waals surface area contributed by atoms with E-state index >= 15 is 0 Å². The smallest absolute Gasteiger partial charge is 0.309 e. The molecule has 0 radical (unpaired) electrons. The van der Waals surface area contributed by atoms with Gasteiger partial charge in [-0.2, -0.15) is 0 Å². The molecule has 2 aliphatic heterocycles. The van der Waals surface area contributed by atoms with Crippen LogP contribution in [0.1, 0.15) is 51.9 Å². The van der Waals surface area contributed by atoms with E-state index in [4.69, 9.17) is 4.74 Å². The summed E-state index contributed by atoms with van der Waals surface area (Å²) in [5.74, 6) is 2.44. The van der Waals surface area contributed by atoms with Crippen LogP contribution in [0.5, 0.6) is 0 Å². The van der Waals surface area contributed by atoms with E-state index in [0.29, 0.717) is 24.5 Å². The van der Waals surface area contributed by atoms with E-state index in [0.717, 1.165) is 31.1 Å². The summed E-state index contributed by atoms with van der Waals surface area (Å²) < 4.78 is 5.30. The number of rotatable bonds is 2. The average molecular weight is 372 g/mol. The minimum Gasteiger partial charge on any atom is -0.469 e. The highest BCUT2D eigenvalue weighted by atomic mass is 16.5. The topological polar surface area (TPSA) is 49.8 Å². The third kappa shape index (κ3) is 1.73. The molecule has 27 heavy (non-hydrogen) atoms. The van der Waals surface area contributed by atoms with Crippen LogP contribution in [0.25, 0.3) is 0 Å². The summed E-state index contributed by atoms with van der Waals surface area (Å²) in [5, 5.41) is 10.9. The van der Waals surface area contributed by atoms with Crippen LogP contribution in [-0.2, 0) is 9.53 Å². The van der Waals surface area contributed by atoms with Gasteiger partial charge in [0.25, 0.3) is 0 Å². The van der Waals surface area contributed by atoms with Crippen molar-refractivity contribution in [2.75, 3.05) is 26.8 Å². The molecule has 4 fully saturated rings. The van der Waals surface area contributed by atoms with Crippen LogP contribution in [0.4, 0.5) is 0 Å². The third-order valence-corrected chi connectivity index (χ3v) is 10.2. The zero-order chi connectivity index (χ0) is 18.6. The normalized spacial score (nSPS) is 52.7. The third-order valence-electron chi connectivity index (χ3n) is 10.2. The zero-order valence-corrected chi connectivity index (χ0v) is 16.7. The molecule has 4 heteroatoms. The van der Waals surface area contributed by atoms with Crippen molar-refractivity contribution in [3.05, 3.63) is 11.1 Å². The van der Waals surface area contributed by atoms with Gasteiger partial charge in [0.15, 0.2) is 0 Å². The van der Waals surface area contributed by atoms with Gasteiger partial charge in [-0.1, -0.05) is 18.1 Å². The van der Waals surface area contributed by atoms with Crippen molar-refractivity contribution in [3.8, 4) is 0 Å². The molecule has 2 saturated heterocycles. The van der Waals surface area contributed by atoms with Crippen molar-refractivity contribution < 1.29 is 14.6 Å². The first-order chi connectivity index (χ1) is 13.1. The summed E-state index contributed by atoms with van der Waals surface area (Å²) in [5.41, 5.74) is 3.36. The maximum atomic E-state index is 12.8. The summed E-state index contributed by atoms with van der Waals surface area (Å²) >= 11 is 0. The number of methoxy groups -OCH3 is 1. The second-order valence-electron chi connectivity index (χ2n) is 10.6. The second kappa shape index (κ2) is 5.38. The maximum Gasteiger partial charge on any atom is 0.309 e. The largest absolute Gasteiger partial charge is 0.469 e. The SMILES string of the molecule is COC(=O)[C@@H]1C[C@@]23C4=C(CC[C@@H]5CN6C[C@H](C)[C@@H](CC[C@@]52CO)[C@@H]63)CC[C@@H]41.